The summed E-state index contributed by atoms with van der Waals surface area (Å²) < 4.78 is 22.2. The fourth-order valence-electron chi connectivity index (χ4n) is 3.17. The first-order valence-corrected chi connectivity index (χ1v) is 10.8. The molecule has 3 N–H and O–H groups in total. The molecule has 1 aliphatic carbocycles. The first-order valence-electron chi connectivity index (χ1n) is 8.94. The summed E-state index contributed by atoms with van der Waals surface area (Å²) in [5, 5.41) is 21.3. The predicted molar refractivity (Wildman–Crippen MR) is 107 cm³/mol. The van der Waals surface area contributed by atoms with E-state index >= 15 is 0 Å². The Morgan fingerprint density at radius 1 is 1.28 bits per heavy atom. The maximum absolute atomic E-state index is 12.9. The van der Waals surface area contributed by atoms with Crippen LogP contribution in [0.1, 0.15) is 42.2 Å². The van der Waals surface area contributed by atoms with Gasteiger partial charge in [-0.1, -0.05) is 42.4 Å². The second kappa shape index (κ2) is 9.40. The second-order valence-corrected chi connectivity index (χ2v) is 8.65. The maximum atomic E-state index is 12.9. The van der Waals surface area contributed by atoms with Crippen LogP contribution >= 0.6 is 11.3 Å². The molecule has 2 aromatic rings. The molecule has 1 aromatic carbocycles. The Kier molecular flexibility index (Phi) is 6.91. The topological polar surface area (TPSA) is 140 Å². The number of aromatic nitrogens is 1. The van der Waals surface area contributed by atoms with E-state index in [0.717, 1.165) is 37.0 Å². The third kappa shape index (κ3) is 5.36. The minimum atomic E-state index is -2.35. The lowest BCUT2D eigenvalue weighted by atomic mass is 9.98. The van der Waals surface area contributed by atoms with Gasteiger partial charge in [-0.25, -0.2) is 9.78 Å². The van der Waals surface area contributed by atoms with Crippen molar-refractivity contribution in [2.45, 2.75) is 36.7 Å². The first kappa shape index (κ1) is 21.3. The fraction of sp³-hybridized carbons (Fsp3) is 0.316. The van der Waals surface area contributed by atoms with Crippen molar-refractivity contribution in [1.82, 2.24) is 4.98 Å². The highest BCUT2D eigenvalue weighted by Gasteiger charge is 2.22. The maximum Gasteiger partial charge on any atom is 0.338 e. The molecule has 2 atom stereocenters. The molecule has 1 fully saturated rings. The van der Waals surface area contributed by atoms with Gasteiger partial charge in [-0.05, 0) is 47.5 Å². The SMILES string of the molecule is O=C(Nc1ncc(C(O)C(=O)O)s1)/C(=C/C1CCCC1)c1ccc(S(=O)[O-])cc1. The van der Waals surface area contributed by atoms with Gasteiger partial charge in [0.25, 0.3) is 5.91 Å². The highest BCUT2D eigenvalue weighted by atomic mass is 32.2. The number of rotatable bonds is 7. The summed E-state index contributed by atoms with van der Waals surface area (Å²) in [5.74, 6) is -1.58. The Hall–Kier alpha value is -2.40. The molecule has 3 rings (SSSR count). The van der Waals surface area contributed by atoms with E-state index in [-0.39, 0.29) is 20.8 Å². The van der Waals surface area contributed by atoms with E-state index in [9.17, 15) is 23.5 Å². The number of thiazole rings is 1. The van der Waals surface area contributed by atoms with Crippen LogP contribution in [0, 0.1) is 5.92 Å². The summed E-state index contributed by atoms with van der Waals surface area (Å²) >= 11 is -1.48. The first-order chi connectivity index (χ1) is 13.8. The van der Waals surface area contributed by atoms with Crippen LogP contribution in [0.25, 0.3) is 5.57 Å². The van der Waals surface area contributed by atoms with E-state index in [1.165, 1.54) is 18.3 Å². The molecule has 10 heteroatoms. The molecule has 1 amide bonds. The number of nitrogens with zero attached hydrogens (tertiary/aromatic N) is 1. The van der Waals surface area contributed by atoms with Crippen molar-refractivity contribution < 1.29 is 28.6 Å². The van der Waals surface area contributed by atoms with Crippen LogP contribution in [0.3, 0.4) is 0 Å². The Bertz CT molecular complexity index is 948. The van der Waals surface area contributed by atoms with Crippen molar-refractivity contribution in [3.63, 3.8) is 0 Å². The summed E-state index contributed by atoms with van der Waals surface area (Å²) in [7, 11) is 0. The number of hydrogen-bond acceptors (Lipinski definition) is 7. The number of allylic oxidation sites excluding steroid dienone is 1. The van der Waals surface area contributed by atoms with Gasteiger partial charge in [-0.3, -0.25) is 14.3 Å². The molecule has 0 aliphatic heterocycles. The third-order valence-electron chi connectivity index (χ3n) is 4.65. The zero-order chi connectivity index (χ0) is 21.0. The number of nitrogens with one attached hydrogen (secondary N) is 1. The summed E-state index contributed by atoms with van der Waals surface area (Å²) in [6, 6.07) is 6.01. The Morgan fingerprint density at radius 2 is 1.93 bits per heavy atom. The molecular weight excluding hydrogens is 416 g/mol. The molecule has 1 saturated carbocycles. The molecule has 0 saturated heterocycles. The quantitative estimate of drug-likeness (QED) is 0.449. The van der Waals surface area contributed by atoms with Crippen LogP contribution in [0.5, 0.6) is 0 Å². The van der Waals surface area contributed by atoms with Gasteiger partial charge >= 0.3 is 5.97 Å². The molecule has 154 valence electrons. The number of aliphatic carboxylic acids is 1. The van der Waals surface area contributed by atoms with E-state index < -0.39 is 29.1 Å². The zero-order valence-electron chi connectivity index (χ0n) is 15.2. The van der Waals surface area contributed by atoms with Crippen LogP contribution in [-0.2, 0) is 20.7 Å². The standard InChI is InChI=1S/C19H20N2O6S2/c22-16(18(24)25)15-10-20-19(28-15)21-17(23)14(9-11-3-1-2-4-11)12-5-7-13(8-6-12)29(26)27/h5-11,16,22H,1-4H2,(H,24,25)(H,26,27)(H,20,21,23)/p-1/b14-9+. The molecule has 0 spiro atoms. The van der Waals surface area contributed by atoms with Crippen molar-refractivity contribution in [3.8, 4) is 0 Å². The van der Waals surface area contributed by atoms with Gasteiger partial charge in [0.15, 0.2) is 11.2 Å². The summed E-state index contributed by atoms with van der Waals surface area (Å²) in [6.07, 6.45) is 5.54. The predicted octanol–water partition coefficient (Wildman–Crippen LogP) is 2.71. The van der Waals surface area contributed by atoms with Crippen molar-refractivity contribution in [1.29, 1.82) is 0 Å². The molecule has 8 nitrogen and oxygen atoms in total. The minimum Gasteiger partial charge on any atom is -0.768 e. The monoisotopic (exact) mass is 435 g/mol. The number of carbonyl (C=O) groups excluding carboxylic acids is 1. The van der Waals surface area contributed by atoms with Gasteiger partial charge < -0.3 is 14.8 Å². The van der Waals surface area contributed by atoms with Crippen molar-refractivity contribution in [2.75, 3.05) is 5.32 Å². The average Bonchev–Trinajstić information content (AvgIpc) is 3.37. The highest BCUT2D eigenvalue weighted by Crippen LogP contribution is 2.31. The number of benzene rings is 1. The largest absolute Gasteiger partial charge is 0.768 e. The van der Waals surface area contributed by atoms with E-state index in [2.05, 4.69) is 10.3 Å². The summed E-state index contributed by atoms with van der Waals surface area (Å²) in [5.41, 5.74) is 0.974. The van der Waals surface area contributed by atoms with Crippen molar-refractivity contribution >= 4 is 45.0 Å². The lowest BCUT2D eigenvalue weighted by molar-refractivity contribution is -0.146. The van der Waals surface area contributed by atoms with Gasteiger partial charge in [0.2, 0.25) is 0 Å². The Labute approximate surface area is 173 Å². The minimum absolute atomic E-state index is 0.108. The number of carboxylic acid groups (broad SMARTS) is 1. The Morgan fingerprint density at radius 3 is 2.52 bits per heavy atom. The molecule has 1 aromatic heterocycles. The molecule has 29 heavy (non-hydrogen) atoms. The van der Waals surface area contributed by atoms with Crippen LogP contribution < -0.4 is 5.32 Å². The van der Waals surface area contributed by atoms with E-state index in [0.29, 0.717) is 11.1 Å². The van der Waals surface area contributed by atoms with Crippen molar-refractivity contribution in [3.05, 3.63) is 47.0 Å². The van der Waals surface area contributed by atoms with Gasteiger partial charge in [0.05, 0.1) is 4.88 Å². The Balaban J connectivity index is 1.84. The average molecular weight is 436 g/mol. The van der Waals surface area contributed by atoms with Gasteiger partial charge in [0.1, 0.15) is 0 Å². The van der Waals surface area contributed by atoms with Crippen molar-refractivity contribution in [2.24, 2.45) is 5.92 Å². The van der Waals surface area contributed by atoms with E-state index in [1.807, 2.05) is 6.08 Å². The molecular formula is C19H19N2O6S2-. The lowest BCUT2D eigenvalue weighted by Crippen LogP contribution is -2.14. The van der Waals surface area contributed by atoms with Gasteiger partial charge in [0, 0.05) is 16.7 Å². The number of carboxylic acids is 1. The van der Waals surface area contributed by atoms with Crippen LogP contribution in [0.4, 0.5) is 5.13 Å². The number of aliphatic hydroxyl groups is 1. The van der Waals surface area contributed by atoms with Crippen LogP contribution in [0.15, 0.2) is 41.4 Å². The third-order valence-corrected chi connectivity index (χ3v) is 6.27. The summed E-state index contributed by atoms with van der Waals surface area (Å²) in [6.45, 7) is 0. The number of anilines is 1. The lowest BCUT2D eigenvalue weighted by Gasteiger charge is -2.12. The van der Waals surface area contributed by atoms with Crippen LogP contribution in [-0.4, -0.2) is 35.8 Å². The summed E-state index contributed by atoms with van der Waals surface area (Å²) in [4.78, 5) is 28.0. The molecule has 0 radical (unpaired) electrons. The molecule has 1 aliphatic rings. The van der Waals surface area contributed by atoms with E-state index in [4.69, 9.17) is 5.11 Å². The highest BCUT2D eigenvalue weighted by molar-refractivity contribution is 7.79. The number of amides is 1. The number of carbonyl (C=O) groups is 2. The smallest absolute Gasteiger partial charge is 0.338 e. The molecule has 1 heterocycles. The van der Waals surface area contributed by atoms with Crippen LogP contribution in [0.2, 0.25) is 0 Å². The molecule has 2 unspecified atom stereocenters. The van der Waals surface area contributed by atoms with Gasteiger partial charge in [-0.2, -0.15) is 0 Å². The molecule has 0 bridgehead atoms. The van der Waals surface area contributed by atoms with E-state index in [1.54, 1.807) is 12.1 Å². The number of aliphatic hydroxyl groups excluding tert-OH is 1. The zero-order valence-corrected chi connectivity index (χ0v) is 16.9. The van der Waals surface area contributed by atoms with Gasteiger partial charge in [-0.15, -0.1) is 0 Å². The number of hydrogen-bond donors (Lipinski definition) is 3. The second-order valence-electron chi connectivity index (χ2n) is 6.65. The normalized spacial score (nSPS) is 17.1. The fourth-order valence-corrected chi connectivity index (χ4v) is 4.31.